The van der Waals surface area contributed by atoms with E-state index >= 15 is 0 Å². The molecule has 7 heteroatoms. The minimum Gasteiger partial charge on any atom is -0.465 e. The van der Waals surface area contributed by atoms with Crippen molar-refractivity contribution in [2.45, 2.75) is 13.5 Å². The summed E-state index contributed by atoms with van der Waals surface area (Å²) >= 11 is 0. The molecule has 1 heterocycles. The summed E-state index contributed by atoms with van der Waals surface area (Å²) in [7, 11) is 2.47. The standard InChI is InChI=1S/C18H18N2O5/c1-12-6-4-5-7-20(12)11-16(21)19-15-9-13(17(22)24-2)8-14(10-15)18(23)25-3/h4-10H,11H2,1-3H3/p+1. The van der Waals surface area contributed by atoms with Crippen LogP contribution in [0.5, 0.6) is 0 Å². The summed E-state index contributed by atoms with van der Waals surface area (Å²) in [5, 5.41) is 2.68. The largest absolute Gasteiger partial charge is 0.465 e. The van der Waals surface area contributed by atoms with Crippen LogP contribution in [-0.4, -0.2) is 32.1 Å². The van der Waals surface area contributed by atoms with Gasteiger partial charge in [-0.3, -0.25) is 4.79 Å². The fourth-order valence-electron chi connectivity index (χ4n) is 2.27. The molecule has 0 atom stereocenters. The van der Waals surface area contributed by atoms with E-state index in [1.807, 2.05) is 25.1 Å². The number of nitrogens with one attached hydrogen (secondary N) is 1. The number of hydrogen-bond donors (Lipinski definition) is 1. The minimum atomic E-state index is -0.616. The van der Waals surface area contributed by atoms with Gasteiger partial charge < -0.3 is 14.8 Å². The summed E-state index contributed by atoms with van der Waals surface area (Å²) in [6.07, 6.45) is 1.79. The molecule has 1 aromatic heterocycles. The number of aryl methyl sites for hydroxylation is 1. The zero-order valence-corrected chi connectivity index (χ0v) is 14.2. The van der Waals surface area contributed by atoms with Crippen molar-refractivity contribution >= 4 is 23.5 Å². The van der Waals surface area contributed by atoms with Crippen molar-refractivity contribution in [1.29, 1.82) is 0 Å². The summed E-state index contributed by atoms with van der Waals surface area (Å²) < 4.78 is 11.1. The Hall–Kier alpha value is -3.22. The first-order chi connectivity index (χ1) is 11.9. The molecule has 0 aliphatic carbocycles. The van der Waals surface area contributed by atoms with Gasteiger partial charge in [-0.2, -0.15) is 4.57 Å². The highest BCUT2D eigenvalue weighted by atomic mass is 16.5. The van der Waals surface area contributed by atoms with Crippen LogP contribution in [0.1, 0.15) is 26.4 Å². The van der Waals surface area contributed by atoms with Crippen LogP contribution >= 0.6 is 0 Å². The molecule has 0 unspecified atom stereocenters. The van der Waals surface area contributed by atoms with Gasteiger partial charge in [0.15, 0.2) is 11.9 Å². The average Bonchev–Trinajstić information content (AvgIpc) is 2.61. The van der Waals surface area contributed by atoms with Gasteiger partial charge in [0, 0.05) is 24.7 Å². The smallest absolute Gasteiger partial charge is 0.337 e. The highest BCUT2D eigenvalue weighted by Crippen LogP contribution is 2.17. The fraction of sp³-hybridized carbons (Fsp3) is 0.222. The molecule has 0 aliphatic heterocycles. The number of nitrogens with zero attached hydrogens (tertiary/aromatic N) is 1. The average molecular weight is 343 g/mol. The van der Waals surface area contributed by atoms with E-state index in [1.54, 1.807) is 10.8 Å². The Balaban J connectivity index is 2.25. The molecule has 130 valence electrons. The number of amides is 1. The normalized spacial score (nSPS) is 10.0. The maximum absolute atomic E-state index is 12.3. The van der Waals surface area contributed by atoms with Crippen molar-refractivity contribution in [1.82, 2.24) is 0 Å². The van der Waals surface area contributed by atoms with Gasteiger partial charge in [-0.1, -0.05) is 6.07 Å². The molecule has 7 nitrogen and oxygen atoms in total. The van der Waals surface area contributed by atoms with E-state index in [2.05, 4.69) is 14.8 Å². The minimum absolute atomic E-state index is 0.0999. The van der Waals surface area contributed by atoms with Crippen LogP contribution < -0.4 is 9.88 Å². The van der Waals surface area contributed by atoms with E-state index in [0.717, 1.165) is 5.69 Å². The molecule has 0 aliphatic rings. The molecule has 1 N–H and O–H groups in total. The van der Waals surface area contributed by atoms with E-state index in [0.29, 0.717) is 5.69 Å². The second kappa shape index (κ2) is 8.05. The zero-order valence-electron chi connectivity index (χ0n) is 14.2. The van der Waals surface area contributed by atoms with E-state index in [4.69, 9.17) is 0 Å². The van der Waals surface area contributed by atoms with E-state index < -0.39 is 11.9 Å². The van der Waals surface area contributed by atoms with Crippen molar-refractivity contribution in [2.24, 2.45) is 0 Å². The number of carbonyl (C=O) groups is 3. The molecular weight excluding hydrogens is 324 g/mol. The number of aromatic nitrogens is 1. The molecule has 0 fully saturated rings. The van der Waals surface area contributed by atoms with Crippen molar-refractivity contribution in [3.05, 3.63) is 59.4 Å². The highest BCUT2D eigenvalue weighted by Gasteiger charge is 2.17. The Morgan fingerprint density at radius 2 is 1.60 bits per heavy atom. The van der Waals surface area contributed by atoms with Crippen LogP contribution in [0.2, 0.25) is 0 Å². The van der Waals surface area contributed by atoms with Gasteiger partial charge >= 0.3 is 11.9 Å². The van der Waals surface area contributed by atoms with Crippen LogP contribution in [0.15, 0.2) is 42.6 Å². The van der Waals surface area contributed by atoms with Crippen LogP contribution in [0.25, 0.3) is 0 Å². The first-order valence-corrected chi connectivity index (χ1v) is 7.51. The van der Waals surface area contributed by atoms with Crippen molar-refractivity contribution < 1.29 is 28.4 Å². The third-order valence-corrected chi connectivity index (χ3v) is 3.54. The van der Waals surface area contributed by atoms with Gasteiger partial charge in [-0.25, -0.2) is 9.59 Å². The number of benzene rings is 1. The van der Waals surface area contributed by atoms with Crippen LogP contribution in [0, 0.1) is 6.92 Å². The number of ether oxygens (including phenoxy) is 2. The second-order valence-electron chi connectivity index (χ2n) is 5.30. The lowest BCUT2D eigenvalue weighted by molar-refractivity contribution is -0.690. The fourth-order valence-corrected chi connectivity index (χ4v) is 2.27. The number of rotatable bonds is 5. The first kappa shape index (κ1) is 18.1. The van der Waals surface area contributed by atoms with Crippen LogP contribution in [0.4, 0.5) is 5.69 Å². The van der Waals surface area contributed by atoms with Gasteiger partial charge in [0.1, 0.15) is 0 Å². The van der Waals surface area contributed by atoms with Gasteiger partial charge in [0.25, 0.3) is 5.91 Å². The number of methoxy groups -OCH3 is 2. The lowest BCUT2D eigenvalue weighted by Gasteiger charge is -2.09. The summed E-state index contributed by atoms with van der Waals surface area (Å²) in [4.78, 5) is 35.8. The Bertz CT molecular complexity index is 783. The van der Waals surface area contributed by atoms with Crippen molar-refractivity contribution in [3.63, 3.8) is 0 Å². The summed E-state index contributed by atoms with van der Waals surface area (Å²) in [5.74, 6) is -1.53. The molecule has 0 radical (unpaired) electrons. The maximum atomic E-state index is 12.3. The molecule has 1 amide bonds. The molecule has 0 saturated carbocycles. The molecule has 25 heavy (non-hydrogen) atoms. The number of anilines is 1. The summed E-state index contributed by atoms with van der Waals surface area (Å²) in [5.41, 5.74) is 1.52. The molecule has 0 saturated heterocycles. The summed E-state index contributed by atoms with van der Waals surface area (Å²) in [6, 6.07) is 9.83. The number of carbonyl (C=O) groups excluding carboxylic acids is 3. The molecular formula is C18H19N2O5+. The molecule has 2 aromatic rings. The van der Waals surface area contributed by atoms with E-state index in [9.17, 15) is 14.4 Å². The number of esters is 2. The Morgan fingerprint density at radius 3 is 2.12 bits per heavy atom. The first-order valence-electron chi connectivity index (χ1n) is 7.51. The third kappa shape index (κ3) is 4.63. The monoisotopic (exact) mass is 343 g/mol. The van der Waals surface area contributed by atoms with Gasteiger partial charge in [0.05, 0.1) is 25.3 Å². The Labute approximate surface area is 145 Å². The van der Waals surface area contributed by atoms with Crippen molar-refractivity contribution in [2.75, 3.05) is 19.5 Å². The van der Waals surface area contributed by atoms with Gasteiger partial charge in [0.2, 0.25) is 6.54 Å². The Morgan fingerprint density at radius 1 is 1.00 bits per heavy atom. The summed E-state index contributed by atoms with van der Waals surface area (Å²) in [6.45, 7) is 1.99. The van der Waals surface area contributed by atoms with E-state index in [-0.39, 0.29) is 23.6 Å². The quantitative estimate of drug-likeness (QED) is 0.657. The Kier molecular flexibility index (Phi) is 5.84. The SMILES string of the molecule is COC(=O)c1cc(NC(=O)C[n+]2ccccc2C)cc(C(=O)OC)c1. The van der Waals surface area contributed by atoms with Crippen LogP contribution in [-0.2, 0) is 20.8 Å². The molecule has 1 aromatic carbocycles. The van der Waals surface area contributed by atoms with Crippen molar-refractivity contribution in [3.8, 4) is 0 Å². The molecule has 0 bridgehead atoms. The molecule has 2 rings (SSSR count). The van der Waals surface area contributed by atoms with Gasteiger partial charge in [-0.05, 0) is 18.2 Å². The number of pyridine rings is 1. The highest BCUT2D eigenvalue weighted by molar-refractivity contribution is 5.99. The topological polar surface area (TPSA) is 85.6 Å². The number of hydrogen-bond acceptors (Lipinski definition) is 5. The lowest BCUT2D eigenvalue weighted by atomic mass is 10.1. The van der Waals surface area contributed by atoms with Crippen LogP contribution in [0.3, 0.4) is 0 Å². The third-order valence-electron chi connectivity index (χ3n) is 3.54. The van der Waals surface area contributed by atoms with Gasteiger partial charge in [-0.15, -0.1) is 0 Å². The lowest BCUT2D eigenvalue weighted by Crippen LogP contribution is -2.42. The second-order valence-corrected chi connectivity index (χ2v) is 5.30. The maximum Gasteiger partial charge on any atom is 0.337 e. The zero-order chi connectivity index (χ0) is 18.4. The van der Waals surface area contributed by atoms with E-state index in [1.165, 1.54) is 32.4 Å². The predicted octanol–water partition coefficient (Wildman–Crippen LogP) is 1.49. The molecule has 0 spiro atoms. The predicted molar refractivity (Wildman–Crippen MR) is 89.1 cm³/mol.